The number of rotatable bonds is 10. The molecule has 26 heavy (non-hydrogen) atoms. The first kappa shape index (κ1) is 32.2. The van der Waals surface area contributed by atoms with Crippen LogP contribution in [-0.4, -0.2) is 26.6 Å². The number of carbonyl (C=O) groups is 2. The van der Waals surface area contributed by atoms with Gasteiger partial charge in [-0.05, 0) is 0 Å². The molecule has 0 aromatic carbocycles. The van der Waals surface area contributed by atoms with Crippen LogP contribution >= 0.6 is 48.2 Å². The molecule has 0 aliphatic heterocycles. The Labute approximate surface area is 253 Å². The maximum Gasteiger partial charge on any atom is 1.00 e. The molecule has 0 saturated heterocycles. The molecule has 0 aromatic heterocycles. The molecule has 0 aromatic rings. The summed E-state index contributed by atoms with van der Waals surface area (Å²) < 4.78 is 26.8. The predicted octanol–water partition coefficient (Wildman–Crippen LogP) is -5.14. The van der Waals surface area contributed by atoms with E-state index in [1.54, 1.807) is 0 Å². The molecular formula is C6H2B2K2N4O8S4. The van der Waals surface area contributed by atoms with Crippen LogP contribution in [0.3, 0.4) is 0 Å². The SMILES string of the molecule is N#CSOB(OSC#N)OC(=O)C(=O)OB(OSC#N)OSC#N.[H-].[H-].[K+].[K+]. The van der Waals surface area contributed by atoms with Crippen LogP contribution in [0.2, 0.25) is 0 Å². The number of thiocyanates is 4. The van der Waals surface area contributed by atoms with Crippen LogP contribution in [0.1, 0.15) is 2.85 Å². The van der Waals surface area contributed by atoms with Crippen molar-refractivity contribution in [2.24, 2.45) is 0 Å². The molecule has 0 saturated carbocycles. The zero-order valence-electron chi connectivity index (χ0n) is 14.8. The molecule has 0 N–H and O–H groups in total. The average molecular weight is 486 g/mol. The van der Waals surface area contributed by atoms with Gasteiger partial charge in [0.2, 0.25) is 0 Å². The Balaban J connectivity index is -0.000000441. The first-order valence-electron chi connectivity index (χ1n) is 4.86. The molecule has 0 heterocycles. The Morgan fingerprint density at radius 3 is 1.08 bits per heavy atom. The summed E-state index contributed by atoms with van der Waals surface area (Å²) in [5.41, 5.74) is 0. The van der Waals surface area contributed by atoms with Gasteiger partial charge in [0, 0.05) is 0 Å². The predicted molar refractivity (Wildman–Crippen MR) is 83.1 cm³/mol. The van der Waals surface area contributed by atoms with Crippen molar-refractivity contribution in [2.45, 2.75) is 0 Å². The van der Waals surface area contributed by atoms with Gasteiger partial charge in [-0.15, -0.1) is 0 Å². The van der Waals surface area contributed by atoms with Gasteiger partial charge in [-0.25, -0.2) is 9.59 Å². The molecule has 0 spiro atoms. The number of carbonyl (C=O) groups excluding carboxylic acids is 2. The average Bonchev–Trinajstić information content (AvgIpc) is 2.59. The van der Waals surface area contributed by atoms with Gasteiger partial charge in [0.25, 0.3) is 0 Å². The van der Waals surface area contributed by atoms with Crippen molar-refractivity contribution in [2.75, 3.05) is 0 Å². The summed E-state index contributed by atoms with van der Waals surface area (Å²) in [5, 5.41) is 39.1. The van der Waals surface area contributed by atoms with Gasteiger partial charge >= 0.3 is 129 Å². The molecular weight excluding hydrogens is 484 g/mol. The van der Waals surface area contributed by atoms with Crippen molar-refractivity contribution in [3.8, 4) is 21.6 Å². The molecule has 0 aliphatic rings. The van der Waals surface area contributed by atoms with Gasteiger partial charge < -0.3 is 12.2 Å². The second-order valence-electron chi connectivity index (χ2n) is 2.47. The Kier molecular flexibility index (Phi) is 28.3. The summed E-state index contributed by atoms with van der Waals surface area (Å²) in [6.07, 6.45) is 0. The molecule has 0 bridgehead atoms. The third-order valence-corrected chi connectivity index (χ3v) is 2.54. The van der Waals surface area contributed by atoms with E-state index in [1.165, 1.54) is 21.6 Å². The number of nitrogens with zero attached hydrogens (tertiary/aromatic N) is 4. The zero-order chi connectivity index (χ0) is 18.2. The Hall–Kier alpha value is 1.54. The van der Waals surface area contributed by atoms with Crippen molar-refractivity contribution in [1.82, 2.24) is 0 Å². The third-order valence-electron chi connectivity index (χ3n) is 1.23. The van der Waals surface area contributed by atoms with Gasteiger partial charge in [0.15, 0.2) is 21.6 Å². The molecule has 12 nitrogen and oxygen atoms in total. The van der Waals surface area contributed by atoms with Crippen molar-refractivity contribution >= 4 is 74.8 Å². The van der Waals surface area contributed by atoms with Crippen LogP contribution in [-0.2, 0) is 35.3 Å². The summed E-state index contributed by atoms with van der Waals surface area (Å²) in [7, 11) is -3.75. The van der Waals surface area contributed by atoms with E-state index < -0.39 is 26.6 Å². The third kappa shape index (κ3) is 17.6. The van der Waals surface area contributed by atoms with Crippen molar-refractivity contribution in [3.63, 3.8) is 0 Å². The molecule has 0 amide bonds. The van der Waals surface area contributed by atoms with E-state index in [2.05, 4.69) is 25.7 Å². The standard InChI is InChI=1S/C6B2N4O8S4.2K.2H/c9-1-21-17-7(18-22-2-10)15-5(13)6(14)16-8(19-23-3-11)20-24-4-12;;;;/q;2*+1;2*-1. The minimum absolute atomic E-state index is 0. The molecule has 0 fully saturated rings. The molecule has 0 atom stereocenters. The second-order valence-corrected chi connectivity index (χ2v) is 4.64. The van der Waals surface area contributed by atoms with Gasteiger partial charge in [0.1, 0.15) is 48.2 Å². The van der Waals surface area contributed by atoms with Gasteiger partial charge in [0.05, 0.1) is 0 Å². The first-order valence-corrected chi connectivity index (χ1v) is 7.82. The monoisotopic (exact) mass is 486 g/mol. The van der Waals surface area contributed by atoms with E-state index in [1.807, 2.05) is 0 Å². The molecule has 20 heteroatoms. The summed E-state index contributed by atoms with van der Waals surface area (Å²) in [6, 6.07) is 0. The fourth-order valence-corrected chi connectivity index (χ4v) is 1.52. The maximum atomic E-state index is 11.5. The van der Waals surface area contributed by atoms with E-state index in [-0.39, 0.29) is 154 Å². The van der Waals surface area contributed by atoms with E-state index in [4.69, 9.17) is 21.0 Å². The van der Waals surface area contributed by atoms with Crippen molar-refractivity contribution in [1.29, 1.82) is 21.0 Å². The Bertz CT molecular complexity index is 532. The normalized spacial score (nSPS) is 8.00. The van der Waals surface area contributed by atoms with E-state index in [0.717, 1.165) is 0 Å². The number of hydrogen-bond donors (Lipinski definition) is 0. The minimum Gasteiger partial charge on any atom is -1.00 e. The molecule has 126 valence electrons. The van der Waals surface area contributed by atoms with Crippen LogP contribution in [0.5, 0.6) is 0 Å². The zero-order valence-corrected chi connectivity index (χ0v) is 22.4. The molecule has 0 radical (unpaired) electrons. The smallest absolute Gasteiger partial charge is 1.00 e. The summed E-state index contributed by atoms with van der Waals surface area (Å²) in [6.45, 7) is 0. The Morgan fingerprint density at radius 2 is 0.885 bits per heavy atom. The van der Waals surface area contributed by atoms with E-state index >= 15 is 0 Å². The summed E-state index contributed by atoms with van der Waals surface area (Å²) in [4.78, 5) is 22.9. The fraction of sp³-hybridized carbons (Fsp3) is 0. The largest absolute Gasteiger partial charge is 1.00 e. The maximum absolute atomic E-state index is 11.5. The fourth-order valence-electron chi connectivity index (χ4n) is 0.625. The summed E-state index contributed by atoms with van der Waals surface area (Å²) in [5.74, 6) is -3.31. The minimum atomic E-state index is -1.87. The molecule has 0 rings (SSSR count). The van der Waals surface area contributed by atoms with E-state index in [9.17, 15) is 9.59 Å². The topological polar surface area (TPSA) is 185 Å². The van der Waals surface area contributed by atoms with Gasteiger partial charge in [-0.3, -0.25) is 16.4 Å². The second kappa shape index (κ2) is 22.8. The van der Waals surface area contributed by atoms with Crippen LogP contribution < -0.4 is 103 Å². The Morgan fingerprint density at radius 1 is 0.654 bits per heavy atom. The number of hydrogen-bond acceptors (Lipinski definition) is 16. The first-order chi connectivity index (χ1) is 11.6. The van der Waals surface area contributed by atoms with Crippen LogP contribution in [0.4, 0.5) is 0 Å². The van der Waals surface area contributed by atoms with E-state index in [0.29, 0.717) is 0 Å². The van der Waals surface area contributed by atoms with Gasteiger partial charge in [-0.2, -0.15) is 21.0 Å². The van der Waals surface area contributed by atoms with Crippen molar-refractivity contribution < 1.29 is 141 Å². The number of nitriles is 4. The quantitative estimate of drug-likeness (QED) is 0.123. The molecule has 0 unspecified atom stereocenters. The summed E-state index contributed by atoms with van der Waals surface area (Å²) >= 11 is 0.627. The molecule has 0 aliphatic carbocycles. The van der Waals surface area contributed by atoms with Gasteiger partial charge in [-0.1, -0.05) is 0 Å². The van der Waals surface area contributed by atoms with Crippen LogP contribution in [0, 0.1) is 42.7 Å². The van der Waals surface area contributed by atoms with Crippen molar-refractivity contribution in [3.05, 3.63) is 0 Å². The van der Waals surface area contributed by atoms with Crippen LogP contribution in [0.25, 0.3) is 0 Å². The van der Waals surface area contributed by atoms with Crippen LogP contribution in [0.15, 0.2) is 0 Å².